The van der Waals surface area contributed by atoms with Crippen LogP contribution in [0.25, 0.3) is 0 Å². The first-order valence-corrected chi connectivity index (χ1v) is 7.04. The predicted octanol–water partition coefficient (Wildman–Crippen LogP) is 1.96. The first-order chi connectivity index (χ1) is 10.6. The average Bonchev–Trinajstić information content (AvgIpc) is 2.49. The summed E-state index contributed by atoms with van der Waals surface area (Å²) in [5.74, 6) is -6.49. The van der Waals surface area contributed by atoms with Gasteiger partial charge in [0.1, 0.15) is 5.82 Å². The van der Waals surface area contributed by atoms with Gasteiger partial charge in [-0.15, -0.1) is 0 Å². The SMILES string of the molecule is CC[C@@H](C)[C@@](C)(O)CNC(=O)C(=O)Nc1cc(F)c(F)cc1F. The van der Waals surface area contributed by atoms with Gasteiger partial charge in [-0.3, -0.25) is 9.59 Å². The smallest absolute Gasteiger partial charge is 0.313 e. The average molecular weight is 332 g/mol. The van der Waals surface area contributed by atoms with E-state index in [0.29, 0.717) is 12.5 Å². The van der Waals surface area contributed by atoms with Gasteiger partial charge in [0.05, 0.1) is 11.3 Å². The normalized spacial score (nSPS) is 14.7. The lowest BCUT2D eigenvalue weighted by molar-refractivity contribution is -0.137. The maximum absolute atomic E-state index is 13.4. The highest BCUT2D eigenvalue weighted by molar-refractivity contribution is 6.39. The lowest BCUT2D eigenvalue weighted by Gasteiger charge is -2.29. The highest BCUT2D eigenvalue weighted by Crippen LogP contribution is 2.19. The standard InChI is InChI=1S/C15H19F3N2O3/c1-4-8(2)15(3,23)7-19-13(21)14(22)20-12-6-10(17)9(16)5-11(12)18/h5-6,8,23H,4,7H2,1-3H3,(H,19,21)(H,20,22)/t8-,15+/m1/s1. The van der Waals surface area contributed by atoms with E-state index in [1.165, 1.54) is 6.92 Å². The largest absolute Gasteiger partial charge is 0.388 e. The van der Waals surface area contributed by atoms with E-state index < -0.39 is 40.6 Å². The molecule has 0 saturated carbocycles. The third-order valence-corrected chi connectivity index (χ3v) is 3.75. The maximum Gasteiger partial charge on any atom is 0.313 e. The fourth-order valence-corrected chi connectivity index (χ4v) is 1.75. The Bertz CT molecular complexity index is 606. The van der Waals surface area contributed by atoms with Crippen LogP contribution in [0.15, 0.2) is 12.1 Å². The maximum atomic E-state index is 13.4. The second-order valence-corrected chi connectivity index (χ2v) is 5.55. The summed E-state index contributed by atoms with van der Waals surface area (Å²) in [7, 11) is 0. The second kappa shape index (κ2) is 7.45. The third kappa shape index (κ3) is 4.95. The van der Waals surface area contributed by atoms with E-state index in [9.17, 15) is 27.9 Å². The van der Waals surface area contributed by atoms with Gasteiger partial charge in [-0.05, 0) is 12.8 Å². The van der Waals surface area contributed by atoms with Gasteiger partial charge < -0.3 is 15.7 Å². The molecule has 0 aromatic heterocycles. The number of amides is 2. The lowest BCUT2D eigenvalue weighted by Crippen LogP contribution is -2.47. The molecule has 0 aliphatic carbocycles. The van der Waals surface area contributed by atoms with Crippen molar-refractivity contribution in [1.29, 1.82) is 0 Å². The van der Waals surface area contributed by atoms with Crippen LogP contribution in [-0.4, -0.2) is 29.1 Å². The number of hydrogen-bond donors (Lipinski definition) is 3. The Morgan fingerprint density at radius 3 is 2.30 bits per heavy atom. The Labute approximate surface area is 131 Å². The van der Waals surface area contributed by atoms with Gasteiger partial charge in [-0.1, -0.05) is 20.3 Å². The van der Waals surface area contributed by atoms with Crippen LogP contribution in [0.5, 0.6) is 0 Å². The number of nitrogens with one attached hydrogen (secondary N) is 2. The topological polar surface area (TPSA) is 78.4 Å². The molecular formula is C15H19F3N2O3. The van der Waals surface area contributed by atoms with E-state index in [4.69, 9.17) is 0 Å². The summed E-state index contributed by atoms with van der Waals surface area (Å²) in [4.78, 5) is 23.3. The van der Waals surface area contributed by atoms with Gasteiger partial charge in [-0.25, -0.2) is 13.2 Å². The predicted molar refractivity (Wildman–Crippen MR) is 78.0 cm³/mol. The quantitative estimate of drug-likeness (QED) is 0.570. The van der Waals surface area contributed by atoms with Gasteiger partial charge in [0.15, 0.2) is 11.6 Å². The zero-order chi connectivity index (χ0) is 17.8. The molecule has 0 saturated heterocycles. The molecule has 3 N–H and O–H groups in total. The summed E-state index contributed by atoms with van der Waals surface area (Å²) in [6.45, 7) is 4.96. The molecule has 2 atom stereocenters. The van der Waals surface area contributed by atoms with E-state index in [0.717, 1.165) is 0 Å². The Morgan fingerprint density at radius 2 is 1.74 bits per heavy atom. The van der Waals surface area contributed by atoms with Crippen molar-refractivity contribution in [2.75, 3.05) is 11.9 Å². The number of anilines is 1. The highest BCUT2D eigenvalue weighted by atomic mass is 19.2. The number of carbonyl (C=O) groups excluding carboxylic acids is 2. The zero-order valence-electron chi connectivity index (χ0n) is 13.0. The first kappa shape index (κ1) is 19.0. The molecule has 1 aromatic rings. The van der Waals surface area contributed by atoms with Crippen molar-refractivity contribution in [1.82, 2.24) is 5.32 Å². The molecule has 0 spiro atoms. The molecule has 128 valence electrons. The van der Waals surface area contributed by atoms with E-state index in [-0.39, 0.29) is 18.5 Å². The van der Waals surface area contributed by atoms with Gasteiger partial charge >= 0.3 is 11.8 Å². The minimum absolute atomic E-state index is 0.130. The van der Waals surface area contributed by atoms with Crippen LogP contribution in [0.2, 0.25) is 0 Å². The van der Waals surface area contributed by atoms with Crippen molar-refractivity contribution >= 4 is 17.5 Å². The van der Waals surface area contributed by atoms with Crippen LogP contribution in [0, 0.1) is 23.4 Å². The molecule has 0 heterocycles. The molecule has 5 nitrogen and oxygen atoms in total. The summed E-state index contributed by atoms with van der Waals surface area (Å²) in [6, 6.07) is 0.696. The molecular weight excluding hydrogens is 313 g/mol. The number of carbonyl (C=O) groups is 2. The van der Waals surface area contributed by atoms with Crippen LogP contribution in [0.4, 0.5) is 18.9 Å². The number of aliphatic hydroxyl groups is 1. The fourth-order valence-electron chi connectivity index (χ4n) is 1.75. The first-order valence-electron chi connectivity index (χ1n) is 7.04. The summed E-state index contributed by atoms with van der Waals surface area (Å²) in [6.07, 6.45) is 0.662. The Balaban J connectivity index is 2.68. The molecule has 0 unspecified atom stereocenters. The minimum atomic E-state index is -1.41. The van der Waals surface area contributed by atoms with Crippen molar-refractivity contribution in [2.24, 2.45) is 5.92 Å². The molecule has 0 aliphatic heterocycles. The van der Waals surface area contributed by atoms with Crippen LogP contribution >= 0.6 is 0 Å². The summed E-state index contributed by atoms with van der Waals surface area (Å²) in [5, 5.41) is 14.2. The molecule has 0 bridgehead atoms. The van der Waals surface area contributed by atoms with Crippen LogP contribution in [-0.2, 0) is 9.59 Å². The van der Waals surface area contributed by atoms with Crippen molar-refractivity contribution in [3.63, 3.8) is 0 Å². The summed E-state index contributed by atoms with van der Waals surface area (Å²) < 4.78 is 39.2. The summed E-state index contributed by atoms with van der Waals surface area (Å²) >= 11 is 0. The van der Waals surface area contributed by atoms with E-state index in [2.05, 4.69) is 5.32 Å². The Hall–Kier alpha value is -2.09. The molecule has 0 radical (unpaired) electrons. The number of rotatable bonds is 5. The van der Waals surface area contributed by atoms with Crippen LogP contribution < -0.4 is 10.6 Å². The van der Waals surface area contributed by atoms with E-state index in [1.54, 1.807) is 6.92 Å². The van der Waals surface area contributed by atoms with Crippen molar-refractivity contribution in [3.05, 3.63) is 29.6 Å². The minimum Gasteiger partial charge on any atom is -0.388 e. The molecule has 2 amide bonds. The van der Waals surface area contributed by atoms with Crippen molar-refractivity contribution in [2.45, 2.75) is 32.8 Å². The number of hydrogen-bond acceptors (Lipinski definition) is 3. The van der Waals surface area contributed by atoms with Crippen LogP contribution in [0.3, 0.4) is 0 Å². The van der Waals surface area contributed by atoms with E-state index in [1.807, 2.05) is 12.2 Å². The zero-order valence-corrected chi connectivity index (χ0v) is 13.0. The fraction of sp³-hybridized carbons (Fsp3) is 0.467. The van der Waals surface area contributed by atoms with Crippen LogP contribution in [0.1, 0.15) is 27.2 Å². The van der Waals surface area contributed by atoms with Gasteiger partial charge in [0.25, 0.3) is 0 Å². The Morgan fingerprint density at radius 1 is 1.17 bits per heavy atom. The van der Waals surface area contributed by atoms with Gasteiger partial charge in [0, 0.05) is 18.7 Å². The molecule has 1 rings (SSSR count). The lowest BCUT2D eigenvalue weighted by atomic mass is 9.89. The number of benzene rings is 1. The van der Waals surface area contributed by atoms with Gasteiger partial charge in [0.2, 0.25) is 0 Å². The Kier molecular flexibility index (Phi) is 6.14. The molecule has 8 heteroatoms. The molecule has 1 aromatic carbocycles. The highest BCUT2D eigenvalue weighted by Gasteiger charge is 2.28. The molecule has 0 fully saturated rings. The molecule has 0 aliphatic rings. The monoisotopic (exact) mass is 332 g/mol. The molecule has 23 heavy (non-hydrogen) atoms. The van der Waals surface area contributed by atoms with Crippen molar-refractivity contribution < 1.29 is 27.9 Å². The third-order valence-electron chi connectivity index (χ3n) is 3.75. The second-order valence-electron chi connectivity index (χ2n) is 5.55. The van der Waals surface area contributed by atoms with Gasteiger partial charge in [-0.2, -0.15) is 0 Å². The number of halogens is 3. The summed E-state index contributed by atoms with van der Waals surface area (Å²) in [5.41, 5.74) is -1.88. The van der Waals surface area contributed by atoms with Crippen molar-refractivity contribution in [3.8, 4) is 0 Å². The van der Waals surface area contributed by atoms with E-state index >= 15 is 0 Å².